The van der Waals surface area contributed by atoms with E-state index in [2.05, 4.69) is 0 Å². The zero-order chi connectivity index (χ0) is 13.1. The first-order valence-electron chi connectivity index (χ1n) is 5.06. The molecule has 0 heterocycles. The molecule has 0 aliphatic carbocycles. The number of likely N-dealkylation sites (N-methyl/N-ethyl adjacent to an activating group) is 1. The molecule has 5 heteroatoms. The fourth-order valence-corrected chi connectivity index (χ4v) is 1.47. The average Bonchev–Trinajstić information content (AvgIpc) is 2.30. The SMILES string of the molecule is CN(C=O)C(C)(Cc1ccc(F)cc1)C(=O)O. The van der Waals surface area contributed by atoms with Gasteiger partial charge in [-0.2, -0.15) is 0 Å². The van der Waals surface area contributed by atoms with E-state index in [1.807, 2.05) is 0 Å². The minimum Gasteiger partial charge on any atom is -0.479 e. The lowest BCUT2D eigenvalue weighted by Crippen LogP contribution is -2.51. The number of benzene rings is 1. The van der Waals surface area contributed by atoms with Gasteiger partial charge in [0.15, 0.2) is 0 Å². The van der Waals surface area contributed by atoms with Gasteiger partial charge in [0.25, 0.3) is 0 Å². The van der Waals surface area contributed by atoms with Crippen LogP contribution in [0.4, 0.5) is 4.39 Å². The third-order valence-corrected chi connectivity index (χ3v) is 2.86. The molecule has 4 nitrogen and oxygen atoms in total. The summed E-state index contributed by atoms with van der Waals surface area (Å²) in [6.07, 6.45) is 0.593. The second kappa shape index (κ2) is 4.95. The first-order valence-corrected chi connectivity index (χ1v) is 5.06. The summed E-state index contributed by atoms with van der Waals surface area (Å²) in [5, 5.41) is 9.18. The van der Waals surface area contributed by atoms with Crippen LogP contribution in [0.25, 0.3) is 0 Å². The summed E-state index contributed by atoms with van der Waals surface area (Å²) in [6.45, 7) is 1.45. The van der Waals surface area contributed by atoms with Gasteiger partial charge in [-0.25, -0.2) is 9.18 Å². The number of nitrogens with zero attached hydrogens (tertiary/aromatic N) is 1. The van der Waals surface area contributed by atoms with Crippen LogP contribution in [0.3, 0.4) is 0 Å². The van der Waals surface area contributed by atoms with E-state index in [1.165, 1.54) is 38.2 Å². The van der Waals surface area contributed by atoms with Crippen molar-refractivity contribution < 1.29 is 19.1 Å². The summed E-state index contributed by atoms with van der Waals surface area (Å²) < 4.78 is 12.7. The van der Waals surface area contributed by atoms with Crippen molar-refractivity contribution in [2.45, 2.75) is 18.9 Å². The van der Waals surface area contributed by atoms with E-state index in [0.717, 1.165) is 4.90 Å². The van der Waals surface area contributed by atoms with Crippen molar-refractivity contribution in [1.29, 1.82) is 0 Å². The molecule has 0 bridgehead atoms. The van der Waals surface area contributed by atoms with E-state index in [-0.39, 0.29) is 12.2 Å². The zero-order valence-electron chi connectivity index (χ0n) is 9.68. The number of aliphatic carboxylic acids is 1. The molecule has 1 aromatic rings. The van der Waals surface area contributed by atoms with E-state index < -0.39 is 11.5 Å². The lowest BCUT2D eigenvalue weighted by molar-refractivity contribution is -0.152. The molecule has 0 aliphatic rings. The summed E-state index contributed by atoms with van der Waals surface area (Å²) in [6, 6.07) is 5.54. The number of carbonyl (C=O) groups excluding carboxylic acids is 1. The van der Waals surface area contributed by atoms with Crippen LogP contribution in [0.1, 0.15) is 12.5 Å². The van der Waals surface area contributed by atoms with E-state index in [1.54, 1.807) is 0 Å². The Morgan fingerprint density at radius 1 is 1.47 bits per heavy atom. The molecular weight excluding hydrogens is 225 g/mol. The van der Waals surface area contributed by atoms with Gasteiger partial charge in [0, 0.05) is 13.5 Å². The van der Waals surface area contributed by atoms with Crippen molar-refractivity contribution in [2.24, 2.45) is 0 Å². The second-order valence-electron chi connectivity index (χ2n) is 4.10. The van der Waals surface area contributed by atoms with Gasteiger partial charge in [-0.1, -0.05) is 12.1 Å². The highest BCUT2D eigenvalue weighted by molar-refractivity contribution is 5.81. The quantitative estimate of drug-likeness (QED) is 0.788. The minimum absolute atomic E-state index is 0.123. The Balaban J connectivity index is 2.98. The van der Waals surface area contributed by atoms with E-state index in [4.69, 9.17) is 0 Å². The second-order valence-corrected chi connectivity index (χ2v) is 4.10. The Hall–Kier alpha value is -1.91. The van der Waals surface area contributed by atoms with Gasteiger partial charge in [-0.15, -0.1) is 0 Å². The third kappa shape index (κ3) is 2.81. The molecule has 0 saturated carbocycles. The van der Waals surface area contributed by atoms with Gasteiger partial charge in [0.1, 0.15) is 11.4 Å². The summed E-state index contributed by atoms with van der Waals surface area (Å²) in [5.74, 6) is -1.48. The number of hydrogen-bond donors (Lipinski definition) is 1. The molecule has 0 radical (unpaired) electrons. The van der Waals surface area contributed by atoms with Crippen molar-refractivity contribution in [3.63, 3.8) is 0 Å². The van der Waals surface area contributed by atoms with Crippen LogP contribution in [0.5, 0.6) is 0 Å². The number of amides is 1. The lowest BCUT2D eigenvalue weighted by atomic mass is 9.91. The maximum atomic E-state index is 12.7. The number of carboxylic acid groups (broad SMARTS) is 1. The summed E-state index contributed by atoms with van der Waals surface area (Å²) in [5.41, 5.74) is -0.676. The molecule has 0 fully saturated rings. The largest absolute Gasteiger partial charge is 0.479 e. The maximum Gasteiger partial charge on any atom is 0.329 e. The molecule has 17 heavy (non-hydrogen) atoms. The van der Waals surface area contributed by atoms with Crippen LogP contribution in [-0.2, 0) is 16.0 Å². The summed E-state index contributed by atoms with van der Waals surface area (Å²) >= 11 is 0. The highest BCUT2D eigenvalue weighted by Crippen LogP contribution is 2.19. The predicted molar refractivity (Wildman–Crippen MR) is 60.0 cm³/mol. The van der Waals surface area contributed by atoms with Crippen LogP contribution in [0.15, 0.2) is 24.3 Å². The monoisotopic (exact) mass is 239 g/mol. The fourth-order valence-electron chi connectivity index (χ4n) is 1.47. The molecule has 1 rings (SSSR count). The van der Waals surface area contributed by atoms with Gasteiger partial charge < -0.3 is 10.0 Å². The lowest BCUT2D eigenvalue weighted by Gasteiger charge is -2.32. The first kappa shape index (κ1) is 13.2. The molecule has 0 spiro atoms. The topological polar surface area (TPSA) is 57.6 Å². The molecule has 1 unspecified atom stereocenters. The maximum absolute atomic E-state index is 12.7. The number of rotatable bonds is 5. The average molecular weight is 239 g/mol. The predicted octanol–water partition coefficient (Wildman–Crippen LogP) is 1.30. The van der Waals surface area contributed by atoms with Gasteiger partial charge in [-0.05, 0) is 24.6 Å². The molecular formula is C12H14FNO3. The summed E-state index contributed by atoms with van der Waals surface area (Å²) in [4.78, 5) is 23.0. The molecule has 0 aliphatic heterocycles. The number of carbonyl (C=O) groups is 2. The van der Waals surface area contributed by atoms with E-state index in [0.29, 0.717) is 12.0 Å². The molecule has 1 N–H and O–H groups in total. The van der Waals surface area contributed by atoms with Gasteiger partial charge in [0.05, 0.1) is 0 Å². The highest BCUT2D eigenvalue weighted by atomic mass is 19.1. The van der Waals surface area contributed by atoms with Crippen molar-refractivity contribution >= 4 is 12.4 Å². The Bertz CT molecular complexity index is 418. The van der Waals surface area contributed by atoms with Crippen molar-refractivity contribution in [3.8, 4) is 0 Å². The Morgan fingerprint density at radius 2 is 2.00 bits per heavy atom. The number of hydrogen-bond acceptors (Lipinski definition) is 2. The fraction of sp³-hybridized carbons (Fsp3) is 0.333. The van der Waals surface area contributed by atoms with Crippen LogP contribution in [0, 0.1) is 5.82 Å². The van der Waals surface area contributed by atoms with Crippen LogP contribution in [0.2, 0.25) is 0 Å². The van der Waals surface area contributed by atoms with Gasteiger partial charge >= 0.3 is 5.97 Å². The van der Waals surface area contributed by atoms with Crippen molar-refractivity contribution in [2.75, 3.05) is 7.05 Å². The van der Waals surface area contributed by atoms with Crippen LogP contribution in [-0.4, -0.2) is 35.0 Å². The molecule has 1 amide bonds. The third-order valence-electron chi connectivity index (χ3n) is 2.86. The minimum atomic E-state index is -1.33. The van der Waals surface area contributed by atoms with Crippen LogP contribution < -0.4 is 0 Å². The highest BCUT2D eigenvalue weighted by Gasteiger charge is 2.37. The number of carboxylic acids is 1. The smallest absolute Gasteiger partial charge is 0.329 e. The Kier molecular flexibility index (Phi) is 3.83. The van der Waals surface area contributed by atoms with Crippen molar-refractivity contribution in [3.05, 3.63) is 35.6 Å². The molecule has 1 aromatic carbocycles. The number of halogens is 1. The first-order chi connectivity index (χ1) is 7.90. The molecule has 0 aromatic heterocycles. The Morgan fingerprint density at radius 3 is 2.41 bits per heavy atom. The van der Waals surface area contributed by atoms with Gasteiger partial charge in [-0.3, -0.25) is 4.79 Å². The molecule has 1 atom stereocenters. The molecule has 0 saturated heterocycles. The summed E-state index contributed by atoms with van der Waals surface area (Å²) in [7, 11) is 1.41. The Labute approximate surface area is 98.7 Å². The van der Waals surface area contributed by atoms with E-state index >= 15 is 0 Å². The standard InChI is InChI=1S/C12H14FNO3/c1-12(11(16)17,14(2)8-15)7-9-3-5-10(13)6-4-9/h3-6,8H,7H2,1-2H3,(H,16,17). The molecule has 92 valence electrons. The van der Waals surface area contributed by atoms with Crippen LogP contribution >= 0.6 is 0 Å². The van der Waals surface area contributed by atoms with E-state index in [9.17, 15) is 19.1 Å². The van der Waals surface area contributed by atoms with Crippen molar-refractivity contribution in [1.82, 2.24) is 4.90 Å². The normalized spacial score (nSPS) is 13.8. The van der Waals surface area contributed by atoms with Gasteiger partial charge in [0.2, 0.25) is 6.41 Å². The zero-order valence-corrected chi connectivity index (χ0v) is 9.68.